The van der Waals surface area contributed by atoms with Crippen molar-refractivity contribution in [2.24, 2.45) is 5.73 Å². The molecule has 25 heavy (non-hydrogen) atoms. The summed E-state index contributed by atoms with van der Waals surface area (Å²) in [4.78, 5) is 0. The van der Waals surface area contributed by atoms with E-state index in [1.54, 1.807) is 24.3 Å². The van der Waals surface area contributed by atoms with E-state index in [-0.39, 0.29) is 11.5 Å². The number of benzene rings is 3. The van der Waals surface area contributed by atoms with Crippen LogP contribution in [0.5, 0.6) is 23.0 Å². The van der Waals surface area contributed by atoms with E-state index in [1.807, 2.05) is 30.3 Å². The van der Waals surface area contributed by atoms with Gasteiger partial charge in [-0.15, -0.1) is 0 Å². The van der Waals surface area contributed by atoms with Crippen LogP contribution in [0, 0.1) is 0 Å². The number of nitrogens with two attached hydrogens (primary N) is 1. The Balaban J connectivity index is 1.91. The van der Waals surface area contributed by atoms with Gasteiger partial charge in [0.2, 0.25) is 0 Å². The molecule has 0 spiro atoms. The van der Waals surface area contributed by atoms with Gasteiger partial charge in [-0.3, -0.25) is 5.73 Å². The second kappa shape index (κ2) is 4.46. The second-order valence-electron chi connectivity index (χ2n) is 6.35. The van der Waals surface area contributed by atoms with E-state index in [0.717, 1.165) is 16.7 Å². The van der Waals surface area contributed by atoms with Crippen LogP contribution in [0.4, 0.5) is 0 Å². The monoisotopic (exact) mass is 333 g/mol. The van der Waals surface area contributed by atoms with Crippen molar-refractivity contribution in [2.45, 2.75) is 11.3 Å². The molecule has 0 saturated heterocycles. The number of hydrogen-bond acceptors (Lipinski definition) is 5. The highest BCUT2D eigenvalue weighted by Gasteiger charge is 2.68. The molecule has 3 aromatic carbocycles. The van der Waals surface area contributed by atoms with Crippen molar-refractivity contribution < 1.29 is 19.7 Å². The van der Waals surface area contributed by atoms with Crippen molar-refractivity contribution >= 4 is 0 Å². The maximum atomic E-state index is 9.84. The highest BCUT2D eigenvalue weighted by Crippen LogP contribution is 2.61. The average Bonchev–Trinajstić information content (AvgIpc) is 2.98. The largest absolute Gasteiger partial charge is 0.508 e. The van der Waals surface area contributed by atoms with Crippen molar-refractivity contribution in [2.75, 3.05) is 0 Å². The molecule has 5 heteroatoms. The van der Waals surface area contributed by atoms with Crippen molar-refractivity contribution in [3.8, 4) is 23.0 Å². The average molecular weight is 333 g/mol. The fourth-order valence-electron chi connectivity index (χ4n) is 4.03. The molecular weight excluding hydrogens is 318 g/mol. The molecule has 5 nitrogen and oxygen atoms in total. The minimum absolute atomic E-state index is 0.0939. The Morgan fingerprint density at radius 3 is 1.76 bits per heavy atom. The number of ether oxygens (including phenoxy) is 2. The van der Waals surface area contributed by atoms with Crippen LogP contribution in [0.3, 0.4) is 0 Å². The van der Waals surface area contributed by atoms with E-state index >= 15 is 0 Å². The maximum Gasteiger partial charge on any atom is 0.329 e. The number of phenolic OH excluding ortho intramolecular Hbond substituents is 2. The fraction of sp³-hybridized carbons (Fsp3) is 0.100. The number of phenols is 2. The predicted molar refractivity (Wildman–Crippen MR) is 90.7 cm³/mol. The molecule has 0 saturated carbocycles. The minimum Gasteiger partial charge on any atom is -0.508 e. The van der Waals surface area contributed by atoms with Gasteiger partial charge in [0.25, 0.3) is 0 Å². The van der Waals surface area contributed by atoms with Gasteiger partial charge in [-0.05, 0) is 17.7 Å². The molecule has 0 aromatic heterocycles. The zero-order chi connectivity index (χ0) is 17.2. The molecular formula is C20H15NO4. The third-order valence-electron chi connectivity index (χ3n) is 4.99. The number of rotatable bonds is 1. The number of aromatic hydroxyl groups is 2. The zero-order valence-corrected chi connectivity index (χ0v) is 13.1. The molecule has 0 bridgehead atoms. The van der Waals surface area contributed by atoms with E-state index in [2.05, 4.69) is 0 Å². The van der Waals surface area contributed by atoms with E-state index in [0.29, 0.717) is 11.5 Å². The van der Waals surface area contributed by atoms with E-state index in [9.17, 15) is 10.2 Å². The van der Waals surface area contributed by atoms with Crippen LogP contribution in [0.15, 0.2) is 66.7 Å². The van der Waals surface area contributed by atoms with E-state index < -0.39 is 11.3 Å². The van der Waals surface area contributed by atoms with Gasteiger partial charge in [0.05, 0.1) is 0 Å². The minimum atomic E-state index is -1.51. The summed E-state index contributed by atoms with van der Waals surface area (Å²) in [5.74, 6) is -0.372. The maximum absolute atomic E-state index is 9.84. The fourth-order valence-corrected chi connectivity index (χ4v) is 4.03. The van der Waals surface area contributed by atoms with Crippen molar-refractivity contribution in [3.63, 3.8) is 0 Å². The summed E-state index contributed by atoms with van der Waals surface area (Å²) >= 11 is 0. The first-order valence-electron chi connectivity index (χ1n) is 7.94. The van der Waals surface area contributed by atoms with E-state index in [4.69, 9.17) is 15.2 Å². The Hall–Kier alpha value is -3.18. The van der Waals surface area contributed by atoms with Gasteiger partial charge in [-0.25, -0.2) is 0 Å². The highest BCUT2D eigenvalue weighted by atomic mass is 16.7. The zero-order valence-electron chi connectivity index (χ0n) is 13.1. The van der Waals surface area contributed by atoms with Gasteiger partial charge >= 0.3 is 5.91 Å². The molecule has 2 heterocycles. The summed E-state index contributed by atoms with van der Waals surface area (Å²) in [7, 11) is 0. The first kappa shape index (κ1) is 14.2. The lowest BCUT2D eigenvalue weighted by atomic mass is 9.69. The molecule has 0 unspecified atom stereocenters. The molecule has 0 fully saturated rings. The lowest BCUT2D eigenvalue weighted by Crippen LogP contribution is -2.60. The SMILES string of the molecule is NC12Oc3cc(O)ccc3C1(c1ccccc1)c1ccc(O)cc1O2. The third-order valence-corrected chi connectivity index (χ3v) is 4.99. The third kappa shape index (κ3) is 1.60. The smallest absolute Gasteiger partial charge is 0.329 e. The van der Waals surface area contributed by atoms with Crippen LogP contribution < -0.4 is 15.2 Å². The molecule has 0 amide bonds. The molecule has 3 aromatic rings. The molecule has 0 atom stereocenters. The molecule has 0 aliphatic carbocycles. The number of fused-ring (bicyclic) bond motifs is 5. The van der Waals surface area contributed by atoms with Gasteiger partial charge in [-0.1, -0.05) is 42.5 Å². The van der Waals surface area contributed by atoms with Crippen LogP contribution in [-0.2, 0) is 5.41 Å². The summed E-state index contributed by atoms with van der Waals surface area (Å²) in [6.45, 7) is 0. The quantitative estimate of drug-likeness (QED) is 0.638. The normalized spacial score (nSPS) is 25.5. The van der Waals surface area contributed by atoms with E-state index in [1.165, 1.54) is 12.1 Å². The Labute approximate surface area is 143 Å². The van der Waals surface area contributed by atoms with Gasteiger partial charge in [-0.2, -0.15) is 0 Å². The molecule has 5 rings (SSSR count). The summed E-state index contributed by atoms with van der Waals surface area (Å²) in [6, 6.07) is 19.6. The Kier molecular flexibility index (Phi) is 2.53. The van der Waals surface area contributed by atoms with Crippen molar-refractivity contribution in [1.29, 1.82) is 0 Å². The second-order valence-corrected chi connectivity index (χ2v) is 6.35. The lowest BCUT2D eigenvalue weighted by molar-refractivity contribution is -0.105. The summed E-state index contributed by atoms with van der Waals surface area (Å²) in [5, 5.41) is 19.7. The number of hydrogen-bond donors (Lipinski definition) is 3. The first-order chi connectivity index (χ1) is 12.0. The van der Waals surface area contributed by atoms with Crippen LogP contribution in [0.1, 0.15) is 16.7 Å². The van der Waals surface area contributed by atoms with Gasteiger partial charge in [0.15, 0.2) is 0 Å². The Morgan fingerprint density at radius 1 is 0.720 bits per heavy atom. The summed E-state index contributed by atoms with van der Waals surface area (Å²) in [5.41, 5.74) is 8.25. The van der Waals surface area contributed by atoms with Crippen LogP contribution in [-0.4, -0.2) is 16.1 Å². The van der Waals surface area contributed by atoms with Gasteiger partial charge in [0.1, 0.15) is 28.4 Å². The first-order valence-corrected chi connectivity index (χ1v) is 7.94. The van der Waals surface area contributed by atoms with Gasteiger partial charge in [0, 0.05) is 23.3 Å². The van der Waals surface area contributed by atoms with Crippen LogP contribution >= 0.6 is 0 Å². The molecule has 2 aliphatic heterocycles. The standard InChI is InChI=1S/C20H15NO4/c21-20-19(12-4-2-1-3-5-12,15-8-6-13(22)10-17(15)24-20)16-9-7-14(23)11-18(16)25-20/h1-11,22-23H,21H2. The molecule has 124 valence electrons. The lowest BCUT2D eigenvalue weighted by Gasteiger charge is -2.34. The molecule has 4 N–H and O–H groups in total. The van der Waals surface area contributed by atoms with Crippen molar-refractivity contribution in [1.82, 2.24) is 0 Å². The molecule has 2 aliphatic rings. The highest BCUT2D eigenvalue weighted by molar-refractivity contribution is 5.68. The summed E-state index contributed by atoms with van der Waals surface area (Å²) in [6.07, 6.45) is 0. The summed E-state index contributed by atoms with van der Waals surface area (Å²) < 4.78 is 12.0. The topological polar surface area (TPSA) is 84.9 Å². The molecule has 0 radical (unpaired) electrons. The van der Waals surface area contributed by atoms with Crippen LogP contribution in [0.25, 0.3) is 0 Å². The Morgan fingerprint density at radius 2 is 1.24 bits per heavy atom. The van der Waals surface area contributed by atoms with Gasteiger partial charge < -0.3 is 19.7 Å². The van der Waals surface area contributed by atoms with Crippen molar-refractivity contribution in [3.05, 3.63) is 83.4 Å². The Bertz CT molecular complexity index is 944. The predicted octanol–water partition coefficient (Wildman–Crippen LogP) is 2.83. The van der Waals surface area contributed by atoms with Crippen LogP contribution in [0.2, 0.25) is 0 Å².